The van der Waals surface area contributed by atoms with Crippen LogP contribution in [0.15, 0.2) is 48.2 Å². The van der Waals surface area contributed by atoms with Crippen molar-refractivity contribution >= 4 is 17.9 Å². The van der Waals surface area contributed by atoms with Crippen LogP contribution in [0.2, 0.25) is 0 Å². The van der Waals surface area contributed by atoms with Gasteiger partial charge in [0, 0.05) is 19.3 Å². The molecule has 6 nitrogen and oxygen atoms in total. The fraction of sp³-hybridized carbons (Fsp3) is 0.458. The summed E-state index contributed by atoms with van der Waals surface area (Å²) in [6.45, 7) is 4.39. The lowest BCUT2D eigenvalue weighted by molar-refractivity contribution is 0.197. The number of benzene rings is 1. The van der Waals surface area contributed by atoms with E-state index in [0.29, 0.717) is 30.7 Å². The molecule has 1 aliphatic carbocycles. The minimum Gasteiger partial charge on any atom is -0.493 e. The predicted octanol–water partition coefficient (Wildman–Crippen LogP) is 5.00. The number of amides is 2. The summed E-state index contributed by atoms with van der Waals surface area (Å²) in [4.78, 5) is 14.4. The molecule has 2 aromatic rings. The Labute approximate surface area is 178 Å². The van der Waals surface area contributed by atoms with Crippen molar-refractivity contribution in [3.63, 3.8) is 0 Å². The van der Waals surface area contributed by atoms with E-state index in [9.17, 15) is 4.79 Å². The highest BCUT2D eigenvalue weighted by atomic mass is 16.5. The molecule has 0 bridgehead atoms. The van der Waals surface area contributed by atoms with Crippen LogP contribution < -0.4 is 10.1 Å². The third-order valence-electron chi connectivity index (χ3n) is 6.06. The zero-order valence-corrected chi connectivity index (χ0v) is 17.6. The van der Waals surface area contributed by atoms with Crippen molar-refractivity contribution in [2.45, 2.75) is 39.0 Å². The average molecular weight is 407 g/mol. The number of carbonyl (C=O) groups excluding carboxylic acids is 1. The molecule has 2 fully saturated rings. The van der Waals surface area contributed by atoms with E-state index in [4.69, 9.17) is 4.74 Å². The van der Waals surface area contributed by atoms with E-state index < -0.39 is 0 Å². The second-order valence-corrected chi connectivity index (χ2v) is 8.39. The Hall–Kier alpha value is -2.89. The molecular weight excluding hydrogens is 376 g/mol. The molecule has 1 unspecified atom stereocenters. The number of nitrogens with zero attached hydrogens (tertiary/aromatic N) is 3. The first-order chi connectivity index (χ1) is 14.7. The number of anilines is 1. The van der Waals surface area contributed by atoms with Crippen molar-refractivity contribution < 1.29 is 9.53 Å². The second-order valence-electron chi connectivity index (χ2n) is 8.39. The maximum Gasteiger partial charge on any atom is 0.323 e. The lowest BCUT2D eigenvalue weighted by Crippen LogP contribution is -2.42. The molecule has 0 spiro atoms. The van der Waals surface area contributed by atoms with Gasteiger partial charge in [0.05, 0.1) is 6.61 Å². The van der Waals surface area contributed by atoms with Crippen LogP contribution in [0, 0.1) is 11.8 Å². The van der Waals surface area contributed by atoms with Gasteiger partial charge < -0.3 is 9.64 Å². The molecule has 0 radical (unpaired) electrons. The largest absolute Gasteiger partial charge is 0.493 e. The number of nitrogens with one attached hydrogen (secondary N) is 1. The van der Waals surface area contributed by atoms with Gasteiger partial charge in [-0.1, -0.05) is 43.5 Å². The van der Waals surface area contributed by atoms with E-state index in [2.05, 4.69) is 46.7 Å². The molecule has 4 rings (SSSR count). The van der Waals surface area contributed by atoms with Gasteiger partial charge in [-0.25, -0.2) is 4.79 Å². The molecule has 2 amide bonds. The summed E-state index contributed by atoms with van der Waals surface area (Å²) in [5, 5.41) is 10.5. The Bertz CT molecular complexity index is 878. The summed E-state index contributed by atoms with van der Waals surface area (Å²) < 4.78 is 6.05. The monoisotopic (exact) mass is 406 g/mol. The maximum atomic E-state index is 12.5. The SMILES string of the molecule is CC1CN(C(=O)Nc2cccnn2)CCC1=Cc1cccc(OCC2CCCC2)c1. The molecule has 1 aromatic heterocycles. The van der Waals surface area contributed by atoms with Gasteiger partial charge in [-0.15, -0.1) is 5.10 Å². The Balaban J connectivity index is 1.33. The van der Waals surface area contributed by atoms with E-state index in [0.717, 1.165) is 18.8 Å². The number of likely N-dealkylation sites (tertiary alicyclic amines) is 1. The normalized spacial score (nSPS) is 21.0. The smallest absolute Gasteiger partial charge is 0.323 e. The van der Waals surface area contributed by atoms with E-state index in [1.807, 2.05) is 11.0 Å². The van der Waals surface area contributed by atoms with Crippen molar-refractivity contribution in [3.8, 4) is 5.75 Å². The fourth-order valence-electron chi connectivity index (χ4n) is 4.30. The Morgan fingerprint density at radius 2 is 2.13 bits per heavy atom. The molecule has 1 saturated heterocycles. The highest BCUT2D eigenvalue weighted by Crippen LogP contribution is 2.28. The zero-order chi connectivity index (χ0) is 20.8. The summed E-state index contributed by atoms with van der Waals surface area (Å²) in [6.07, 6.45) is 9.97. The summed E-state index contributed by atoms with van der Waals surface area (Å²) in [7, 11) is 0. The summed E-state index contributed by atoms with van der Waals surface area (Å²) in [5.74, 6) is 2.44. The number of hydrogen-bond donors (Lipinski definition) is 1. The van der Waals surface area contributed by atoms with Gasteiger partial charge in [-0.3, -0.25) is 5.32 Å². The van der Waals surface area contributed by atoms with E-state index in [-0.39, 0.29) is 6.03 Å². The van der Waals surface area contributed by atoms with Gasteiger partial charge in [0.25, 0.3) is 0 Å². The maximum absolute atomic E-state index is 12.5. The van der Waals surface area contributed by atoms with Crippen molar-refractivity contribution in [3.05, 3.63) is 53.7 Å². The van der Waals surface area contributed by atoms with E-state index in [1.54, 1.807) is 18.3 Å². The first-order valence-electron chi connectivity index (χ1n) is 10.9. The summed E-state index contributed by atoms with van der Waals surface area (Å²) >= 11 is 0. The highest BCUT2D eigenvalue weighted by molar-refractivity contribution is 5.88. The molecule has 1 aromatic carbocycles. The number of hydrogen-bond acceptors (Lipinski definition) is 4. The number of carbonyl (C=O) groups is 1. The van der Waals surface area contributed by atoms with Gasteiger partial charge in [-0.2, -0.15) is 5.10 Å². The lowest BCUT2D eigenvalue weighted by Gasteiger charge is -2.33. The van der Waals surface area contributed by atoms with Crippen LogP contribution in [0.5, 0.6) is 5.75 Å². The third kappa shape index (κ3) is 5.38. The summed E-state index contributed by atoms with van der Waals surface area (Å²) in [5.41, 5.74) is 2.53. The van der Waals surface area contributed by atoms with Crippen LogP contribution in [-0.2, 0) is 0 Å². The Morgan fingerprint density at radius 1 is 1.27 bits per heavy atom. The van der Waals surface area contributed by atoms with Crippen LogP contribution in [0.4, 0.5) is 10.6 Å². The van der Waals surface area contributed by atoms with E-state index in [1.165, 1.54) is 36.8 Å². The third-order valence-corrected chi connectivity index (χ3v) is 6.06. The molecule has 30 heavy (non-hydrogen) atoms. The number of urea groups is 1. The van der Waals surface area contributed by atoms with Gasteiger partial charge in [0.2, 0.25) is 0 Å². The molecule has 2 aliphatic rings. The minimum absolute atomic E-state index is 0.122. The number of piperidine rings is 1. The highest BCUT2D eigenvalue weighted by Gasteiger charge is 2.24. The second kappa shape index (κ2) is 9.74. The van der Waals surface area contributed by atoms with Crippen molar-refractivity contribution in [2.24, 2.45) is 11.8 Å². The number of aromatic nitrogens is 2. The Morgan fingerprint density at radius 3 is 2.90 bits per heavy atom. The molecule has 6 heteroatoms. The number of rotatable bonds is 5. The lowest BCUT2D eigenvalue weighted by atomic mass is 9.91. The molecule has 1 atom stereocenters. The van der Waals surface area contributed by atoms with Gasteiger partial charge in [0.15, 0.2) is 5.82 Å². The van der Waals surface area contributed by atoms with Crippen LogP contribution in [0.25, 0.3) is 6.08 Å². The molecule has 1 aliphatic heterocycles. The van der Waals surface area contributed by atoms with Gasteiger partial charge >= 0.3 is 6.03 Å². The zero-order valence-electron chi connectivity index (χ0n) is 17.6. The summed E-state index contributed by atoms with van der Waals surface area (Å²) in [6, 6.07) is 11.7. The fourth-order valence-corrected chi connectivity index (χ4v) is 4.30. The van der Waals surface area contributed by atoms with E-state index >= 15 is 0 Å². The van der Waals surface area contributed by atoms with Crippen molar-refractivity contribution in [1.29, 1.82) is 0 Å². The van der Waals surface area contributed by atoms with Crippen molar-refractivity contribution in [1.82, 2.24) is 15.1 Å². The van der Waals surface area contributed by atoms with Gasteiger partial charge in [-0.05, 0) is 60.9 Å². The average Bonchev–Trinajstić information content (AvgIpc) is 3.28. The van der Waals surface area contributed by atoms with Crippen LogP contribution >= 0.6 is 0 Å². The minimum atomic E-state index is -0.122. The topological polar surface area (TPSA) is 67.4 Å². The number of ether oxygens (including phenoxy) is 1. The first kappa shape index (κ1) is 20.4. The first-order valence-corrected chi connectivity index (χ1v) is 10.9. The molecule has 158 valence electrons. The Kier molecular flexibility index (Phi) is 6.62. The molecule has 1 saturated carbocycles. The molecular formula is C24H30N4O2. The van der Waals surface area contributed by atoms with Crippen LogP contribution in [-0.4, -0.2) is 40.8 Å². The van der Waals surface area contributed by atoms with Gasteiger partial charge in [0.1, 0.15) is 5.75 Å². The quantitative estimate of drug-likeness (QED) is 0.758. The molecule has 2 heterocycles. The van der Waals surface area contributed by atoms with Crippen LogP contribution in [0.3, 0.4) is 0 Å². The van der Waals surface area contributed by atoms with Crippen LogP contribution in [0.1, 0.15) is 44.6 Å². The standard InChI is InChI=1S/C24H30N4O2/c1-18-16-28(24(29)26-23-10-5-12-25-27-23)13-11-21(18)14-20-8-4-9-22(15-20)30-17-19-6-2-3-7-19/h4-5,8-10,12,14-15,18-19H,2-3,6-7,11,13,16-17H2,1H3,(H,26,27,29). The molecule has 1 N–H and O–H groups in total. The van der Waals surface area contributed by atoms with Crippen molar-refractivity contribution in [2.75, 3.05) is 25.0 Å². The predicted molar refractivity (Wildman–Crippen MR) is 118 cm³/mol.